The van der Waals surface area contributed by atoms with Gasteiger partial charge in [-0.3, -0.25) is 10.3 Å². The highest BCUT2D eigenvalue weighted by Crippen LogP contribution is 2.50. The Hall–Kier alpha value is -5.98. The van der Waals surface area contributed by atoms with Gasteiger partial charge in [0, 0.05) is 66.9 Å². The summed E-state index contributed by atoms with van der Waals surface area (Å²) in [5.41, 5.74) is 1.42. The molecule has 19 nitrogen and oxygen atoms in total. The van der Waals surface area contributed by atoms with E-state index in [1.165, 1.54) is 23.5 Å². The van der Waals surface area contributed by atoms with Gasteiger partial charge in [-0.1, -0.05) is 37.4 Å². The second-order valence-electron chi connectivity index (χ2n) is 24.7. The molecule has 0 radical (unpaired) electrons. The first-order valence-electron chi connectivity index (χ1n) is 28.5. The second kappa shape index (κ2) is 23.3. The van der Waals surface area contributed by atoms with Gasteiger partial charge in [-0.05, 0) is 132 Å². The third-order valence-electron chi connectivity index (χ3n) is 15.4. The molecule has 0 saturated carbocycles. The number of piperazine rings is 2. The van der Waals surface area contributed by atoms with Crippen LogP contribution >= 0.6 is 50.8 Å². The molecule has 4 unspecified atom stereocenters. The summed E-state index contributed by atoms with van der Waals surface area (Å²) in [5.74, 6) is 0.994. The normalized spacial score (nSPS) is 20.0. The highest BCUT2D eigenvalue weighted by atomic mass is 79.9. The fraction of sp³-hybridized carbons (Fsp3) is 0.542. The Balaban J connectivity index is 0.000000195. The maximum absolute atomic E-state index is 17.4. The summed E-state index contributed by atoms with van der Waals surface area (Å²) in [6, 6.07) is 2.10. The fourth-order valence-electron chi connectivity index (χ4n) is 12.2. The molecule has 6 aliphatic rings. The zero-order valence-corrected chi connectivity index (χ0v) is 53.3. The van der Waals surface area contributed by atoms with Gasteiger partial charge in [0.1, 0.15) is 50.5 Å². The molecule has 0 aliphatic carbocycles. The van der Waals surface area contributed by atoms with Gasteiger partial charge in [0.2, 0.25) is 0 Å². The summed E-state index contributed by atoms with van der Waals surface area (Å²) in [4.78, 5) is 70.2. The van der Waals surface area contributed by atoms with Crippen molar-refractivity contribution in [1.82, 2.24) is 34.7 Å². The maximum Gasteiger partial charge on any atom is 0.412 e. The summed E-state index contributed by atoms with van der Waals surface area (Å²) in [6.07, 6.45) is 3.06. The largest absolute Gasteiger partial charge is 0.444 e. The van der Waals surface area contributed by atoms with Gasteiger partial charge >= 0.3 is 18.3 Å². The summed E-state index contributed by atoms with van der Waals surface area (Å²) in [7, 11) is 0. The van der Waals surface area contributed by atoms with E-state index in [2.05, 4.69) is 47.1 Å². The average Bonchev–Trinajstić information content (AvgIpc) is 1.86. The lowest BCUT2D eigenvalue weighted by molar-refractivity contribution is 0.0200. The number of thioether (sulfide) groups is 2. The van der Waals surface area contributed by atoms with E-state index in [0.717, 1.165) is 71.3 Å². The van der Waals surface area contributed by atoms with Crippen molar-refractivity contribution >= 4 is 118 Å². The predicted octanol–water partition coefficient (Wildman–Crippen LogP) is 13.4. The van der Waals surface area contributed by atoms with Gasteiger partial charge in [0.15, 0.2) is 27.8 Å². The van der Waals surface area contributed by atoms with Crippen LogP contribution in [-0.2, 0) is 50.1 Å². The van der Waals surface area contributed by atoms with Crippen LogP contribution in [0.1, 0.15) is 130 Å². The van der Waals surface area contributed by atoms with E-state index in [4.69, 9.17) is 38.6 Å². The Bertz CT molecular complexity index is 3730. The lowest BCUT2D eigenvalue weighted by atomic mass is 9.93. The number of pyridine rings is 1. The smallest absolute Gasteiger partial charge is 0.412 e. The number of benzene rings is 2. The number of likely N-dealkylation sites (tertiary alicyclic amines) is 2. The topological polar surface area (TPSA) is 211 Å². The highest BCUT2D eigenvalue weighted by Gasteiger charge is 2.47. The van der Waals surface area contributed by atoms with Crippen LogP contribution in [0.4, 0.5) is 44.2 Å². The number of nitrogens with zero attached hydrogens (tertiary/aromatic N) is 10. The van der Waals surface area contributed by atoms with Crippen LogP contribution < -0.4 is 15.1 Å². The average molecular weight is 1290 g/mol. The minimum absolute atomic E-state index is 0.0322. The van der Waals surface area contributed by atoms with E-state index in [-0.39, 0.29) is 92.8 Å². The number of fused-ring (bicyclic) bond motifs is 11. The SMILES string of the molecule is CCSc1nc(N2C3CCC2CN(C(=O)OC(C)(C)C)C3)c2c3c(c(-c4ncc(F)c5sc(NC(=O)OC(C)(C)C)c(C#N)c45)c(F)c2n1)COC3.CCSc1nc(N2C3CCC2CN(C(=O)OC(C)(C)C)C3)c2c3c(c(Br)c(F)c2n1)COC3. The number of halogens is 4. The standard InChI is InChI=1S/C36H39F2N7O5S2.C23H28BrFN4O3S/c1-8-51-32-41-28-25(30(42-32)45-17-9-10-18(45)14-44(13-17)34(47)50-36(5,6)7)21-16-48-15-20(21)23(26(28)38)27-24-19(11-39)31(43-33(46)49-35(2,3)4)52-29(24)22(37)12-40-27;1-5-33-21-26-19-16(14-10-31-11-15(14)17(24)18(19)25)20(27-21)29-12-6-7-13(29)9-28(8-12)22(30)32-23(2,3)4/h12,17-18H,8-10,13-16H2,1-7H3,(H,43,46);12-13H,5-11H2,1-4H3. The first kappa shape index (κ1) is 60.7. The number of nitrogens with one attached hydrogen (secondary N) is 1. The highest BCUT2D eigenvalue weighted by molar-refractivity contribution is 9.10. The van der Waals surface area contributed by atoms with Gasteiger partial charge in [-0.25, -0.2) is 47.5 Å². The zero-order chi connectivity index (χ0) is 60.8. The van der Waals surface area contributed by atoms with Crippen molar-refractivity contribution in [2.45, 2.75) is 180 Å². The zero-order valence-electron chi connectivity index (χ0n) is 49.3. The Morgan fingerprint density at radius 2 is 1.13 bits per heavy atom. The van der Waals surface area contributed by atoms with E-state index in [9.17, 15) is 19.6 Å². The lowest BCUT2D eigenvalue weighted by Crippen LogP contribution is -2.56. The molecule has 0 spiro atoms. The van der Waals surface area contributed by atoms with Gasteiger partial charge in [0.25, 0.3) is 0 Å². The molecule has 6 aliphatic heterocycles. The number of carbonyl (C=O) groups excluding carboxylic acids is 3. The number of carbonyl (C=O) groups is 3. The molecule has 26 heteroatoms. The number of hydrogen-bond donors (Lipinski definition) is 1. The van der Waals surface area contributed by atoms with Crippen molar-refractivity contribution in [3.63, 3.8) is 0 Å². The molecule has 4 aromatic heterocycles. The van der Waals surface area contributed by atoms with Gasteiger partial charge in [-0.15, -0.1) is 11.3 Å². The van der Waals surface area contributed by atoms with Crippen molar-refractivity contribution in [3.8, 4) is 17.3 Å². The molecular formula is C59H67BrF3N11O8S3. The fourth-order valence-corrected chi connectivity index (χ4v) is 15.0. The van der Waals surface area contributed by atoms with Crippen LogP contribution in [0, 0.1) is 28.8 Å². The molecule has 3 amide bonds. The molecule has 10 heterocycles. The molecule has 6 aromatic rings. The summed E-state index contributed by atoms with van der Waals surface area (Å²) >= 11 is 7.16. The molecule has 4 atom stereocenters. The Morgan fingerprint density at radius 1 is 0.682 bits per heavy atom. The van der Waals surface area contributed by atoms with E-state index < -0.39 is 34.5 Å². The number of rotatable bonds is 8. The number of thiophene rings is 1. The summed E-state index contributed by atoms with van der Waals surface area (Å²) in [6.45, 7) is 23.2. The van der Waals surface area contributed by atoms with Gasteiger partial charge < -0.3 is 43.3 Å². The number of amides is 3. The van der Waals surface area contributed by atoms with Crippen molar-refractivity contribution in [1.29, 1.82) is 5.26 Å². The lowest BCUT2D eigenvalue weighted by Gasteiger charge is -2.42. The number of nitriles is 1. The molecule has 85 heavy (non-hydrogen) atoms. The quantitative estimate of drug-likeness (QED) is 0.0853. The van der Waals surface area contributed by atoms with Crippen molar-refractivity contribution in [2.75, 3.05) is 52.8 Å². The summed E-state index contributed by atoms with van der Waals surface area (Å²) < 4.78 is 77.1. The second-order valence-corrected chi connectivity index (χ2v) is 29.0. The molecule has 4 saturated heterocycles. The van der Waals surface area contributed by atoms with E-state index in [0.29, 0.717) is 87.8 Å². The monoisotopic (exact) mass is 1290 g/mol. The van der Waals surface area contributed by atoms with Crippen molar-refractivity contribution in [3.05, 3.63) is 55.9 Å². The van der Waals surface area contributed by atoms with Crippen LogP contribution in [0.15, 0.2) is 21.0 Å². The van der Waals surface area contributed by atoms with Crippen LogP contribution in [0.3, 0.4) is 0 Å². The molecule has 2 aromatic carbocycles. The number of hydrogen-bond acceptors (Lipinski definition) is 19. The Morgan fingerprint density at radius 3 is 1.59 bits per heavy atom. The van der Waals surface area contributed by atoms with Crippen molar-refractivity contribution < 1.29 is 51.2 Å². The number of ether oxygens (including phenoxy) is 5. The third kappa shape index (κ3) is 11.7. The first-order valence-corrected chi connectivity index (χ1v) is 32.0. The van der Waals surface area contributed by atoms with Gasteiger partial charge in [-0.2, -0.15) is 5.26 Å². The molecule has 4 bridgehead atoms. The minimum Gasteiger partial charge on any atom is -0.444 e. The molecule has 12 rings (SSSR count). The van der Waals surface area contributed by atoms with Crippen LogP contribution in [0.5, 0.6) is 0 Å². The van der Waals surface area contributed by atoms with E-state index in [1.54, 1.807) is 30.6 Å². The summed E-state index contributed by atoms with van der Waals surface area (Å²) in [5, 5.41) is 15.2. The first-order chi connectivity index (χ1) is 40.3. The minimum atomic E-state index is -0.818. The van der Waals surface area contributed by atoms with Crippen molar-refractivity contribution in [2.24, 2.45) is 0 Å². The van der Waals surface area contributed by atoms with Crippen LogP contribution in [-0.4, -0.2) is 132 Å². The van der Waals surface area contributed by atoms with Crippen LogP contribution in [0.25, 0.3) is 43.1 Å². The van der Waals surface area contributed by atoms with E-state index >= 15 is 13.2 Å². The predicted molar refractivity (Wildman–Crippen MR) is 324 cm³/mol. The molecular weight excluding hydrogens is 1220 g/mol. The molecule has 452 valence electrons. The van der Waals surface area contributed by atoms with Gasteiger partial charge in [0.05, 0.1) is 63.8 Å². The van der Waals surface area contributed by atoms with Crippen LogP contribution in [0.2, 0.25) is 0 Å². The maximum atomic E-state index is 17.4. The molecule has 4 fully saturated rings. The Kier molecular flexibility index (Phi) is 16.6. The third-order valence-corrected chi connectivity index (χ3v) is 18.8. The van der Waals surface area contributed by atoms with E-state index in [1.807, 2.05) is 55.4 Å². The number of anilines is 3. The Labute approximate surface area is 511 Å². The number of aromatic nitrogens is 5. The molecule has 1 N–H and O–H groups in total.